The van der Waals surface area contributed by atoms with E-state index < -0.39 is 0 Å². The van der Waals surface area contributed by atoms with E-state index >= 15 is 0 Å². The summed E-state index contributed by atoms with van der Waals surface area (Å²) in [5.41, 5.74) is 1.15. The summed E-state index contributed by atoms with van der Waals surface area (Å²) in [5.74, 6) is 0.198. The molecule has 0 saturated heterocycles. The molecule has 144 valence electrons. The summed E-state index contributed by atoms with van der Waals surface area (Å²) >= 11 is 1.07. The van der Waals surface area contributed by atoms with Gasteiger partial charge in [0, 0.05) is 35.8 Å². The molecule has 4 heterocycles. The van der Waals surface area contributed by atoms with Crippen LogP contribution in [0.2, 0.25) is 0 Å². The summed E-state index contributed by atoms with van der Waals surface area (Å²) in [6.45, 7) is 0. The van der Waals surface area contributed by atoms with Gasteiger partial charge in [-0.2, -0.15) is 0 Å². The van der Waals surface area contributed by atoms with Gasteiger partial charge in [-0.3, -0.25) is 19.9 Å². The van der Waals surface area contributed by atoms with Crippen molar-refractivity contribution in [3.8, 4) is 17.3 Å². The van der Waals surface area contributed by atoms with Gasteiger partial charge in [0.05, 0.1) is 13.4 Å². The number of nitrogens with one attached hydrogen (secondary N) is 1. The molecule has 29 heavy (non-hydrogen) atoms. The van der Waals surface area contributed by atoms with Gasteiger partial charge < -0.3 is 9.15 Å². The lowest BCUT2D eigenvalue weighted by molar-refractivity contribution is 0.102. The van der Waals surface area contributed by atoms with Crippen LogP contribution in [0.15, 0.2) is 65.7 Å². The molecule has 0 bridgehead atoms. The topological polar surface area (TPSA) is 107 Å². The van der Waals surface area contributed by atoms with Crippen molar-refractivity contribution < 1.29 is 18.7 Å². The molecular formula is C20H14N4O4S. The number of thiazole rings is 1. The largest absolute Gasteiger partial charge is 0.481 e. The van der Waals surface area contributed by atoms with Crippen LogP contribution in [0.1, 0.15) is 25.6 Å². The zero-order chi connectivity index (χ0) is 20.2. The molecule has 1 N–H and O–H groups in total. The number of furan rings is 1. The zero-order valence-corrected chi connectivity index (χ0v) is 16.0. The number of carbonyl (C=O) groups is 2. The third-order valence-electron chi connectivity index (χ3n) is 3.96. The normalized spacial score (nSPS) is 10.5. The summed E-state index contributed by atoms with van der Waals surface area (Å²) in [4.78, 5) is 38.2. The average molecular weight is 406 g/mol. The van der Waals surface area contributed by atoms with Gasteiger partial charge in [0.15, 0.2) is 10.9 Å². The molecule has 0 unspecified atom stereocenters. The number of rotatable bonds is 6. The number of anilines is 1. The van der Waals surface area contributed by atoms with Crippen LogP contribution < -0.4 is 10.1 Å². The van der Waals surface area contributed by atoms with Crippen LogP contribution in [-0.4, -0.2) is 33.8 Å². The van der Waals surface area contributed by atoms with E-state index in [4.69, 9.17) is 9.15 Å². The molecule has 4 rings (SSSR count). The fraction of sp³-hybridized carbons (Fsp3) is 0.0500. The van der Waals surface area contributed by atoms with Crippen LogP contribution in [0, 0.1) is 0 Å². The molecule has 0 radical (unpaired) electrons. The molecule has 0 aromatic carbocycles. The van der Waals surface area contributed by atoms with E-state index in [9.17, 15) is 9.59 Å². The van der Waals surface area contributed by atoms with Crippen LogP contribution in [-0.2, 0) is 0 Å². The molecule has 0 aliphatic heterocycles. The molecule has 4 aromatic rings. The number of hydrogen-bond acceptors (Lipinski definition) is 8. The first-order valence-electron chi connectivity index (χ1n) is 8.46. The molecule has 0 aliphatic carbocycles. The van der Waals surface area contributed by atoms with E-state index in [0.717, 1.165) is 11.3 Å². The van der Waals surface area contributed by atoms with Gasteiger partial charge in [0.2, 0.25) is 11.7 Å². The first-order chi connectivity index (χ1) is 14.2. The maximum Gasteiger partial charge on any atom is 0.257 e. The maximum atomic E-state index is 13.1. The SMILES string of the molecule is COc1ccc(C(=O)c2sc(NC(=O)c3ccncc3)nc2-c2ccco2)cn1. The van der Waals surface area contributed by atoms with Crippen LogP contribution in [0.25, 0.3) is 11.5 Å². The first-order valence-corrected chi connectivity index (χ1v) is 9.28. The number of methoxy groups -OCH3 is 1. The smallest absolute Gasteiger partial charge is 0.257 e. The number of amides is 1. The Morgan fingerprint density at radius 2 is 1.93 bits per heavy atom. The molecular weight excluding hydrogens is 392 g/mol. The predicted molar refractivity (Wildman–Crippen MR) is 106 cm³/mol. The number of aromatic nitrogens is 3. The number of carbonyl (C=O) groups excluding carboxylic acids is 2. The van der Waals surface area contributed by atoms with Gasteiger partial charge in [0.25, 0.3) is 5.91 Å². The van der Waals surface area contributed by atoms with Crippen LogP contribution in [0.3, 0.4) is 0 Å². The maximum absolute atomic E-state index is 13.1. The Labute approximate surface area is 169 Å². The van der Waals surface area contributed by atoms with Crippen LogP contribution in [0.4, 0.5) is 5.13 Å². The van der Waals surface area contributed by atoms with Crippen LogP contribution in [0.5, 0.6) is 5.88 Å². The Morgan fingerprint density at radius 3 is 2.59 bits per heavy atom. The molecule has 8 nitrogen and oxygen atoms in total. The lowest BCUT2D eigenvalue weighted by Gasteiger charge is -2.01. The highest BCUT2D eigenvalue weighted by Gasteiger charge is 2.23. The summed E-state index contributed by atoms with van der Waals surface area (Å²) in [7, 11) is 1.50. The van der Waals surface area contributed by atoms with Gasteiger partial charge in [-0.15, -0.1) is 0 Å². The summed E-state index contributed by atoms with van der Waals surface area (Å²) in [6, 6.07) is 9.80. The van der Waals surface area contributed by atoms with E-state index in [0.29, 0.717) is 33.3 Å². The lowest BCUT2D eigenvalue weighted by Crippen LogP contribution is -2.11. The second kappa shape index (κ2) is 8.03. The molecule has 0 spiro atoms. The highest BCUT2D eigenvalue weighted by Crippen LogP contribution is 2.33. The Balaban J connectivity index is 1.68. The van der Waals surface area contributed by atoms with Crippen molar-refractivity contribution in [1.29, 1.82) is 0 Å². The monoisotopic (exact) mass is 406 g/mol. The van der Waals surface area contributed by atoms with Crippen molar-refractivity contribution in [3.05, 3.63) is 77.3 Å². The van der Waals surface area contributed by atoms with Crippen LogP contribution >= 0.6 is 11.3 Å². The molecule has 0 fully saturated rings. The molecule has 4 aromatic heterocycles. The van der Waals surface area contributed by atoms with Crippen molar-refractivity contribution in [2.24, 2.45) is 0 Å². The molecule has 0 saturated carbocycles. The minimum absolute atomic E-state index is 0.281. The number of nitrogens with zero attached hydrogens (tertiary/aromatic N) is 3. The fourth-order valence-corrected chi connectivity index (χ4v) is 3.47. The van der Waals surface area contributed by atoms with Gasteiger partial charge in [0.1, 0.15) is 10.6 Å². The molecule has 1 amide bonds. The molecule has 9 heteroatoms. The Kier molecular flexibility index (Phi) is 5.12. The Morgan fingerprint density at radius 1 is 1.10 bits per heavy atom. The minimum Gasteiger partial charge on any atom is -0.481 e. The summed E-state index contributed by atoms with van der Waals surface area (Å²) in [6.07, 6.45) is 5.97. The second-order valence-corrected chi connectivity index (χ2v) is 6.78. The quantitative estimate of drug-likeness (QED) is 0.487. The second-order valence-electron chi connectivity index (χ2n) is 5.78. The highest BCUT2D eigenvalue weighted by molar-refractivity contribution is 7.18. The highest BCUT2D eigenvalue weighted by atomic mass is 32.1. The van der Waals surface area contributed by atoms with Gasteiger partial charge in [-0.1, -0.05) is 11.3 Å². The lowest BCUT2D eigenvalue weighted by atomic mass is 10.1. The van der Waals surface area contributed by atoms with Gasteiger partial charge in [-0.05, 0) is 30.3 Å². The fourth-order valence-electron chi connectivity index (χ4n) is 2.55. The van der Waals surface area contributed by atoms with Crippen molar-refractivity contribution >= 4 is 28.2 Å². The molecule has 0 atom stereocenters. The molecule has 0 aliphatic rings. The minimum atomic E-state index is -0.350. The number of ketones is 1. The summed E-state index contributed by atoms with van der Waals surface area (Å²) in [5, 5.41) is 3.00. The van der Waals surface area contributed by atoms with E-state index in [2.05, 4.69) is 20.3 Å². The Bertz CT molecular complexity index is 1140. The van der Waals surface area contributed by atoms with Crippen molar-refractivity contribution in [3.63, 3.8) is 0 Å². The number of pyridine rings is 2. The van der Waals surface area contributed by atoms with Crippen molar-refractivity contribution in [2.45, 2.75) is 0 Å². The number of ether oxygens (including phenoxy) is 1. The Hall–Kier alpha value is -3.85. The van der Waals surface area contributed by atoms with E-state index in [1.807, 2.05) is 0 Å². The summed E-state index contributed by atoms with van der Waals surface area (Å²) < 4.78 is 10.4. The van der Waals surface area contributed by atoms with Gasteiger partial charge in [-0.25, -0.2) is 9.97 Å². The van der Waals surface area contributed by atoms with Crippen molar-refractivity contribution in [1.82, 2.24) is 15.0 Å². The van der Waals surface area contributed by atoms with Crippen molar-refractivity contribution in [2.75, 3.05) is 12.4 Å². The third-order valence-corrected chi connectivity index (χ3v) is 4.93. The standard InChI is InChI=1S/C20H14N4O4S/c1-27-15-5-4-13(11-22-15)17(25)18-16(14-3-2-10-28-14)23-20(29-18)24-19(26)12-6-8-21-9-7-12/h2-11H,1H3,(H,23,24,26). The predicted octanol–water partition coefficient (Wildman–Crippen LogP) is 3.69. The van der Waals surface area contributed by atoms with E-state index in [1.54, 1.807) is 36.4 Å². The van der Waals surface area contributed by atoms with E-state index in [-0.39, 0.29) is 16.8 Å². The van der Waals surface area contributed by atoms with E-state index in [1.165, 1.54) is 32.0 Å². The number of hydrogen-bond donors (Lipinski definition) is 1. The third kappa shape index (κ3) is 3.90. The first kappa shape index (κ1) is 18.5. The van der Waals surface area contributed by atoms with Gasteiger partial charge >= 0.3 is 0 Å². The zero-order valence-electron chi connectivity index (χ0n) is 15.2. The average Bonchev–Trinajstić information content (AvgIpc) is 3.44.